The lowest BCUT2D eigenvalue weighted by Gasteiger charge is -2.19. The molecule has 1 atom stereocenters. The summed E-state index contributed by atoms with van der Waals surface area (Å²) < 4.78 is 0.0931. The van der Waals surface area contributed by atoms with Crippen molar-refractivity contribution in [2.24, 2.45) is 0 Å². The zero-order valence-corrected chi connectivity index (χ0v) is 9.20. The van der Waals surface area contributed by atoms with Gasteiger partial charge in [-0.3, -0.25) is 9.59 Å². The molecule has 15 heavy (non-hydrogen) atoms. The quantitative estimate of drug-likeness (QED) is 0.444. The van der Waals surface area contributed by atoms with Gasteiger partial charge in [-0.25, -0.2) is 0 Å². The average molecular weight is 277 g/mol. The highest BCUT2D eigenvalue weighted by Crippen LogP contribution is 2.19. The second kappa shape index (κ2) is 4.54. The number of aldehydes is 1. The number of rotatable bonds is 4. The highest BCUT2D eigenvalue weighted by molar-refractivity contribution is 9.12. The third-order valence-corrected chi connectivity index (χ3v) is 2.34. The van der Waals surface area contributed by atoms with Crippen molar-refractivity contribution < 1.29 is 19.5 Å². The fourth-order valence-electron chi connectivity index (χ4n) is 1.02. The van der Waals surface area contributed by atoms with Gasteiger partial charge in [-0.05, 0) is 22.0 Å². The number of carbonyl (C=O) groups is 3. The predicted molar refractivity (Wildman–Crippen MR) is 53.8 cm³/mol. The maximum absolute atomic E-state index is 11.4. The molecule has 1 unspecified atom stereocenters. The topological polar surface area (TPSA) is 95.5 Å². The lowest BCUT2D eigenvalue weighted by Crippen LogP contribution is -2.54. The van der Waals surface area contributed by atoms with Gasteiger partial charge in [0.05, 0.1) is 4.48 Å². The molecular weight excluding hydrogens is 268 g/mol. The molecule has 0 aromatic rings. The fourth-order valence-corrected chi connectivity index (χ4v) is 1.45. The van der Waals surface area contributed by atoms with E-state index in [1.54, 1.807) is 0 Å². The van der Waals surface area contributed by atoms with Gasteiger partial charge in [0.1, 0.15) is 6.29 Å². The van der Waals surface area contributed by atoms with Gasteiger partial charge in [0.25, 0.3) is 11.8 Å². The molecule has 0 spiro atoms. The summed E-state index contributed by atoms with van der Waals surface area (Å²) in [6.07, 6.45) is 1.86. The Morgan fingerprint density at radius 3 is 2.87 bits per heavy atom. The maximum atomic E-state index is 11.4. The Hall–Kier alpha value is -1.21. The van der Waals surface area contributed by atoms with Crippen molar-refractivity contribution in [2.45, 2.75) is 12.1 Å². The molecule has 0 aliphatic carbocycles. The molecule has 6 nitrogen and oxygen atoms in total. The van der Waals surface area contributed by atoms with Crippen molar-refractivity contribution in [1.82, 2.24) is 10.6 Å². The van der Waals surface area contributed by atoms with Crippen LogP contribution in [0.4, 0.5) is 0 Å². The Morgan fingerprint density at radius 2 is 2.40 bits per heavy atom. The van der Waals surface area contributed by atoms with Gasteiger partial charge in [-0.15, -0.1) is 0 Å². The van der Waals surface area contributed by atoms with Crippen molar-refractivity contribution in [3.05, 3.63) is 10.6 Å². The highest BCUT2D eigenvalue weighted by atomic mass is 79.9. The van der Waals surface area contributed by atoms with Crippen LogP contribution in [-0.2, 0) is 14.4 Å². The van der Waals surface area contributed by atoms with E-state index in [1.807, 2.05) is 0 Å². The third-order valence-electron chi connectivity index (χ3n) is 1.75. The number of halogens is 1. The molecule has 2 amide bonds. The van der Waals surface area contributed by atoms with Crippen LogP contribution in [0.25, 0.3) is 0 Å². The molecular formula is C8H9BrN2O4. The van der Waals surface area contributed by atoms with Gasteiger partial charge >= 0.3 is 0 Å². The lowest BCUT2D eigenvalue weighted by atomic mass is 10.2. The number of aliphatic hydroxyl groups is 1. The number of hydrogen-bond donors (Lipinski definition) is 3. The lowest BCUT2D eigenvalue weighted by molar-refractivity contribution is -0.140. The molecule has 1 aliphatic heterocycles. The minimum atomic E-state index is -2.03. The summed E-state index contributed by atoms with van der Waals surface area (Å²) >= 11 is 2.88. The van der Waals surface area contributed by atoms with E-state index in [9.17, 15) is 19.5 Å². The smallest absolute Gasteiger partial charge is 0.277 e. The first kappa shape index (κ1) is 11.9. The van der Waals surface area contributed by atoms with E-state index in [0.29, 0.717) is 6.29 Å². The largest absolute Gasteiger partial charge is 0.360 e. The molecule has 0 fully saturated rings. The van der Waals surface area contributed by atoms with E-state index in [4.69, 9.17) is 0 Å². The van der Waals surface area contributed by atoms with Crippen LogP contribution >= 0.6 is 15.9 Å². The Balaban J connectivity index is 2.60. The second-order valence-electron chi connectivity index (χ2n) is 2.92. The average Bonchev–Trinajstić information content (AvgIpc) is 2.42. The summed E-state index contributed by atoms with van der Waals surface area (Å²) in [5.74, 6) is -1.34. The van der Waals surface area contributed by atoms with Crippen molar-refractivity contribution in [3.63, 3.8) is 0 Å². The van der Waals surface area contributed by atoms with Gasteiger partial charge < -0.3 is 20.5 Å². The zero-order valence-electron chi connectivity index (χ0n) is 7.62. The highest BCUT2D eigenvalue weighted by Gasteiger charge is 2.41. The molecule has 0 bridgehead atoms. The van der Waals surface area contributed by atoms with Crippen LogP contribution in [0.3, 0.4) is 0 Å². The second-order valence-corrected chi connectivity index (χ2v) is 3.78. The Bertz CT molecular complexity index is 342. The van der Waals surface area contributed by atoms with Crippen molar-refractivity contribution in [1.29, 1.82) is 0 Å². The van der Waals surface area contributed by atoms with Gasteiger partial charge in [-0.2, -0.15) is 0 Å². The molecule has 0 saturated carbocycles. The van der Waals surface area contributed by atoms with Crippen LogP contribution in [0.15, 0.2) is 10.6 Å². The van der Waals surface area contributed by atoms with E-state index < -0.39 is 17.5 Å². The molecule has 0 radical (unpaired) electrons. The summed E-state index contributed by atoms with van der Waals surface area (Å²) in [5.41, 5.74) is -2.03. The van der Waals surface area contributed by atoms with Crippen LogP contribution in [0.2, 0.25) is 0 Å². The summed E-state index contributed by atoms with van der Waals surface area (Å²) in [7, 11) is 0. The first-order valence-corrected chi connectivity index (χ1v) is 4.94. The summed E-state index contributed by atoms with van der Waals surface area (Å²) in [4.78, 5) is 32.4. The maximum Gasteiger partial charge on any atom is 0.277 e. The van der Waals surface area contributed by atoms with Crippen LogP contribution in [-0.4, -0.2) is 35.5 Å². The van der Waals surface area contributed by atoms with Crippen LogP contribution in [0.5, 0.6) is 0 Å². The first-order valence-electron chi connectivity index (χ1n) is 4.15. The van der Waals surface area contributed by atoms with Crippen LogP contribution in [0, 0.1) is 0 Å². The van der Waals surface area contributed by atoms with Gasteiger partial charge in [0.2, 0.25) is 5.72 Å². The van der Waals surface area contributed by atoms with Crippen molar-refractivity contribution >= 4 is 34.0 Å². The molecule has 1 aliphatic rings. The number of hydrogen-bond acceptors (Lipinski definition) is 4. The Morgan fingerprint density at radius 1 is 1.73 bits per heavy atom. The molecule has 3 N–H and O–H groups in total. The predicted octanol–water partition coefficient (Wildman–Crippen LogP) is -1.21. The molecule has 0 aromatic carbocycles. The molecule has 82 valence electrons. The van der Waals surface area contributed by atoms with Gasteiger partial charge in [-0.1, -0.05) is 0 Å². The van der Waals surface area contributed by atoms with E-state index in [2.05, 4.69) is 26.6 Å². The van der Waals surface area contributed by atoms with E-state index in [-0.39, 0.29) is 17.4 Å². The Labute approximate surface area is 93.8 Å². The zero-order chi connectivity index (χ0) is 11.5. The van der Waals surface area contributed by atoms with Gasteiger partial charge in [0, 0.05) is 13.0 Å². The fraction of sp³-hybridized carbons (Fsp3) is 0.375. The van der Waals surface area contributed by atoms with E-state index >= 15 is 0 Å². The third kappa shape index (κ3) is 2.63. The summed E-state index contributed by atoms with van der Waals surface area (Å²) in [6.45, 7) is 0.117. The molecule has 0 aromatic heterocycles. The van der Waals surface area contributed by atoms with Crippen LogP contribution < -0.4 is 10.6 Å². The van der Waals surface area contributed by atoms with Crippen molar-refractivity contribution in [3.8, 4) is 0 Å². The normalized spacial score (nSPS) is 24.4. The molecule has 1 rings (SSSR count). The van der Waals surface area contributed by atoms with E-state index in [0.717, 1.165) is 6.08 Å². The standard InChI is InChI=1S/C8H9BrN2O4/c9-5-4-8(15,11-6(5)13)7(14)10-2-1-3-12/h3-4,15H,1-2H2,(H,10,14)(H,11,13). The number of nitrogens with one attached hydrogen (secondary N) is 2. The number of carbonyl (C=O) groups excluding carboxylic acids is 3. The summed E-state index contributed by atoms with van der Waals surface area (Å²) in [6, 6.07) is 0. The van der Waals surface area contributed by atoms with Crippen LogP contribution in [0.1, 0.15) is 6.42 Å². The monoisotopic (exact) mass is 276 g/mol. The minimum absolute atomic E-state index is 0.0931. The SMILES string of the molecule is O=CCCNC(=O)C1(O)C=C(Br)C(=O)N1. The molecule has 7 heteroatoms. The number of amides is 2. The van der Waals surface area contributed by atoms with Crippen molar-refractivity contribution in [2.75, 3.05) is 6.54 Å². The first-order chi connectivity index (χ1) is 6.99. The summed E-state index contributed by atoms with van der Waals surface area (Å²) in [5, 5.41) is 14.1. The molecule has 1 heterocycles. The molecule has 0 saturated heterocycles. The van der Waals surface area contributed by atoms with Gasteiger partial charge in [0.15, 0.2) is 0 Å². The minimum Gasteiger partial charge on any atom is -0.360 e. The Kier molecular flexibility index (Phi) is 3.59. The van der Waals surface area contributed by atoms with E-state index in [1.165, 1.54) is 0 Å².